The normalized spacial score (nSPS) is 10.9. The standard InChI is InChI=1S/C17H27N3O2/c1-6-20(10-16(21)18-12(2)3)11-17(22)19-15-8-13(4)7-14(5)9-15/h7-9,12H,6,10-11H2,1-5H3,(H,18,21)(H,19,22). The number of nitrogens with one attached hydrogen (secondary N) is 2. The Kier molecular flexibility index (Phi) is 7.05. The van der Waals surface area contributed by atoms with Gasteiger partial charge in [0.1, 0.15) is 0 Å². The number of rotatable bonds is 7. The van der Waals surface area contributed by atoms with Gasteiger partial charge in [-0.1, -0.05) is 13.0 Å². The van der Waals surface area contributed by atoms with E-state index in [1.165, 1.54) is 0 Å². The summed E-state index contributed by atoms with van der Waals surface area (Å²) in [6, 6.07) is 6.04. The number of carbonyl (C=O) groups excluding carboxylic acids is 2. The highest BCUT2D eigenvalue weighted by Crippen LogP contribution is 2.13. The van der Waals surface area contributed by atoms with E-state index in [1.54, 1.807) is 0 Å². The van der Waals surface area contributed by atoms with E-state index in [4.69, 9.17) is 0 Å². The number of hydrogen-bond acceptors (Lipinski definition) is 3. The molecule has 0 saturated carbocycles. The first-order valence-corrected chi connectivity index (χ1v) is 7.70. The van der Waals surface area contributed by atoms with Crippen molar-refractivity contribution in [1.82, 2.24) is 10.2 Å². The molecule has 1 aromatic rings. The van der Waals surface area contributed by atoms with Crippen LogP contribution in [0.1, 0.15) is 31.9 Å². The molecule has 0 aliphatic rings. The molecule has 0 aromatic heterocycles. The van der Waals surface area contributed by atoms with Crippen molar-refractivity contribution in [2.75, 3.05) is 25.0 Å². The van der Waals surface area contributed by atoms with E-state index in [9.17, 15) is 9.59 Å². The topological polar surface area (TPSA) is 61.4 Å². The van der Waals surface area contributed by atoms with Crippen LogP contribution in [0, 0.1) is 13.8 Å². The maximum Gasteiger partial charge on any atom is 0.238 e. The number of anilines is 1. The Morgan fingerprint density at radius 3 is 2.09 bits per heavy atom. The predicted molar refractivity (Wildman–Crippen MR) is 89.9 cm³/mol. The molecule has 122 valence electrons. The minimum absolute atomic E-state index is 0.0592. The first-order valence-electron chi connectivity index (χ1n) is 7.70. The van der Waals surface area contributed by atoms with Crippen LogP contribution in [0.5, 0.6) is 0 Å². The van der Waals surface area contributed by atoms with Crippen molar-refractivity contribution in [3.8, 4) is 0 Å². The fourth-order valence-electron chi connectivity index (χ4n) is 2.30. The summed E-state index contributed by atoms with van der Waals surface area (Å²) >= 11 is 0. The largest absolute Gasteiger partial charge is 0.353 e. The van der Waals surface area contributed by atoms with Crippen molar-refractivity contribution in [2.45, 2.75) is 40.7 Å². The Morgan fingerprint density at radius 1 is 1.05 bits per heavy atom. The number of aryl methyl sites for hydroxylation is 2. The number of nitrogens with zero attached hydrogens (tertiary/aromatic N) is 1. The maximum absolute atomic E-state index is 12.1. The summed E-state index contributed by atoms with van der Waals surface area (Å²) in [4.78, 5) is 25.7. The highest BCUT2D eigenvalue weighted by Gasteiger charge is 2.14. The van der Waals surface area contributed by atoms with Crippen molar-refractivity contribution in [3.63, 3.8) is 0 Å². The third kappa shape index (κ3) is 6.72. The summed E-state index contributed by atoms with van der Waals surface area (Å²) in [5.41, 5.74) is 3.02. The van der Waals surface area contributed by atoms with E-state index in [1.807, 2.05) is 51.7 Å². The van der Waals surface area contributed by atoms with E-state index < -0.39 is 0 Å². The summed E-state index contributed by atoms with van der Waals surface area (Å²) in [5.74, 6) is -0.166. The van der Waals surface area contributed by atoms with Crippen molar-refractivity contribution in [3.05, 3.63) is 29.3 Å². The first kappa shape index (κ1) is 18.2. The van der Waals surface area contributed by atoms with Gasteiger partial charge in [-0.3, -0.25) is 14.5 Å². The Balaban J connectivity index is 2.56. The number of benzene rings is 1. The van der Waals surface area contributed by atoms with Crippen molar-refractivity contribution >= 4 is 17.5 Å². The minimum Gasteiger partial charge on any atom is -0.353 e. The molecule has 0 bridgehead atoms. The van der Waals surface area contributed by atoms with E-state index in [0.717, 1.165) is 16.8 Å². The molecule has 0 atom stereocenters. The molecule has 0 unspecified atom stereocenters. The van der Waals surface area contributed by atoms with Crippen LogP contribution in [0.25, 0.3) is 0 Å². The van der Waals surface area contributed by atoms with Crippen molar-refractivity contribution < 1.29 is 9.59 Å². The maximum atomic E-state index is 12.1. The van der Waals surface area contributed by atoms with Crippen LogP contribution < -0.4 is 10.6 Å². The summed E-state index contributed by atoms with van der Waals surface area (Å²) in [7, 11) is 0. The molecule has 0 radical (unpaired) electrons. The fraction of sp³-hybridized carbons (Fsp3) is 0.529. The summed E-state index contributed by atoms with van der Waals surface area (Å²) in [6.45, 7) is 10.8. The molecule has 0 aliphatic carbocycles. The molecule has 1 rings (SSSR count). The van der Waals surface area contributed by atoms with Crippen LogP contribution in [0.4, 0.5) is 5.69 Å². The van der Waals surface area contributed by atoms with Gasteiger partial charge in [-0.15, -0.1) is 0 Å². The first-order chi connectivity index (χ1) is 10.3. The Labute approximate surface area is 133 Å². The predicted octanol–water partition coefficient (Wildman–Crippen LogP) is 2.09. The third-order valence-electron chi connectivity index (χ3n) is 3.14. The molecule has 0 saturated heterocycles. The molecular weight excluding hydrogens is 278 g/mol. The highest BCUT2D eigenvalue weighted by molar-refractivity contribution is 5.92. The third-order valence-corrected chi connectivity index (χ3v) is 3.14. The van der Waals surface area contributed by atoms with Gasteiger partial charge in [-0.05, 0) is 57.5 Å². The molecule has 1 aromatic carbocycles. The van der Waals surface area contributed by atoms with E-state index in [2.05, 4.69) is 16.7 Å². The van der Waals surface area contributed by atoms with Crippen LogP contribution in [0.15, 0.2) is 18.2 Å². The van der Waals surface area contributed by atoms with Crippen LogP contribution in [0.2, 0.25) is 0 Å². The fourth-order valence-corrected chi connectivity index (χ4v) is 2.30. The Bertz CT molecular complexity index is 506. The molecule has 5 nitrogen and oxygen atoms in total. The summed E-state index contributed by atoms with van der Waals surface area (Å²) in [5, 5.41) is 5.72. The second-order valence-electron chi connectivity index (χ2n) is 5.95. The van der Waals surface area contributed by atoms with Gasteiger partial charge in [-0.2, -0.15) is 0 Å². The van der Waals surface area contributed by atoms with Crippen LogP contribution in [0.3, 0.4) is 0 Å². The number of hydrogen-bond donors (Lipinski definition) is 2. The molecule has 2 N–H and O–H groups in total. The van der Waals surface area contributed by atoms with Gasteiger partial charge in [0.25, 0.3) is 0 Å². The second kappa shape index (κ2) is 8.54. The average Bonchev–Trinajstić information content (AvgIpc) is 2.35. The summed E-state index contributed by atoms with van der Waals surface area (Å²) in [6.07, 6.45) is 0. The zero-order valence-electron chi connectivity index (χ0n) is 14.2. The lowest BCUT2D eigenvalue weighted by Crippen LogP contribution is -2.42. The Morgan fingerprint density at radius 2 is 1.59 bits per heavy atom. The molecule has 0 fully saturated rings. The van der Waals surface area contributed by atoms with Gasteiger partial charge in [0, 0.05) is 11.7 Å². The van der Waals surface area contributed by atoms with Crippen LogP contribution in [-0.2, 0) is 9.59 Å². The molecule has 0 heterocycles. The van der Waals surface area contributed by atoms with E-state index in [0.29, 0.717) is 6.54 Å². The molecule has 0 aliphatic heterocycles. The van der Waals surface area contributed by atoms with Crippen LogP contribution in [-0.4, -0.2) is 42.4 Å². The lowest BCUT2D eigenvalue weighted by atomic mass is 10.1. The highest BCUT2D eigenvalue weighted by atomic mass is 16.2. The number of amides is 2. The number of likely N-dealkylation sites (N-methyl/N-ethyl adjacent to an activating group) is 1. The molecule has 22 heavy (non-hydrogen) atoms. The van der Waals surface area contributed by atoms with Gasteiger partial charge >= 0.3 is 0 Å². The second-order valence-corrected chi connectivity index (χ2v) is 5.95. The Hall–Kier alpha value is -1.88. The van der Waals surface area contributed by atoms with Crippen LogP contribution >= 0.6 is 0 Å². The lowest BCUT2D eigenvalue weighted by molar-refractivity contribution is -0.123. The van der Waals surface area contributed by atoms with Gasteiger partial charge in [-0.25, -0.2) is 0 Å². The monoisotopic (exact) mass is 305 g/mol. The minimum atomic E-state index is -0.107. The smallest absolute Gasteiger partial charge is 0.238 e. The number of carbonyl (C=O) groups is 2. The van der Waals surface area contributed by atoms with Gasteiger partial charge in [0.15, 0.2) is 0 Å². The van der Waals surface area contributed by atoms with E-state index >= 15 is 0 Å². The average molecular weight is 305 g/mol. The quantitative estimate of drug-likeness (QED) is 0.811. The molecular formula is C17H27N3O2. The van der Waals surface area contributed by atoms with Crippen molar-refractivity contribution in [2.24, 2.45) is 0 Å². The van der Waals surface area contributed by atoms with Crippen molar-refractivity contribution in [1.29, 1.82) is 0 Å². The SMILES string of the molecule is CCN(CC(=O)Nc1cc(C)cc(C)c1)CC(=O)NC(C)C. The van der Waals surface area contributed by atoms with Gasteiger partial charge in [0.05, 0.1) is 13.1 Å². The van der Waals surface area contributed by atoms with E-state index in [-0.39, 0.29) is 30.9 Å². The van der Waals surface area contributed by atoms with Gasteiger partial charge < -0.3 is 10.6 Å². The zero-order chi connectivity index (χ0) is 16.7. The lowest BCUT2D eigenvalue weighted by Gasteiger charge is -2.20. The molecule has 5 heteroatoms. The van der Waals surface area contributed by atoms with Gasteiger partial charge in [0.2, 0.25) is 11.8 Å². The summed E-state index contributed by atoms with van der Waals surface area (Å²) < 4.78 is 0. The molecule has 0 spiro atoms. The molecule has 2 amide bonds. The zero-order valence-corrected chi connectivity index (χ0v) is 14.2.